The number of benzene rings is 2. The molecule has 2 aliphatic rings. The molecule has 1 aliphatic heterocycles. The van der Waals surface area contributed by atoms with E-state index in [1.54, 1.807) is 24.3 Å². The molecule has 14 nitrogen and oxygen atoms in total. The van der Waals surface area contributed by atoms with Gasteiger partial charge < -0.3 is 31.3 Å². The zero-order valence-electron chi connectivity index (χ0n) is 33.7. The lowest BCUT2D eigenvalue weighted by Crippen LogP contribution is -2.69. The molecule has 57 heavy (non-hydrogen) atoms. The number of rotatable bonds is 19. The highest BCUT2D eigenvalue weighted by Crippen LogP contribution is 2.47. The Morgan fingerprint density at radius 3 is 2.25 bits per heavy atom. The number of amides is 4. The van der Waals surface area contributed by atoms with Gasteiger partial charge in [-0.25, -0.2) is 8.42 Å². The molecule has 2 aromatic carbocycles. The van der Waals surface area contributed by atoms with E-state index in [1.807, 2.05) is 33.8 Å². The Kier molecular flexibility index (Phi) is 15.8. The van der Waals surface area contributed by atoms with Crippen LogP contribution in [0, 0.1) is 17.8 Å². The molecule has 1 saturated carbocycles. The lowest BCUT2D eigenvalue weighted by atomic mass is 9.72. The van der Waals surface area contributed by atoms with Gasteiger partial charge in [0.25, 0.3) is 0 Å². The van der Waals surface area contributed by atoms with Crippen LogP contribution in [0.25, 0.3) is 0 Å². The van der Waals surface area contributed by atoms with Crippen molar-refractivity contribution in [2.75, 3.05) is 18.9 Å². The molecule has 1 heterocycles. The van der Waals surface area contributed by atoms with E-state index in [0.717, 1.165) is 49.5 Å². The zero-order valence-corrected chi connectivity index (χ0v) is 34.6. The minimum atomic E-state index is -4.36. The second-order valence-electron chi connectivity index (χ2n) is 16.5. The average Bonchev–Trinajstić information content (AvgIpc) is 3.57. The van der Waals surface area contributed by atoms with Gasteiger partial charge in [0.2, 0.25) is 23.6 Å². The zero-order chi connectivity index (χ0) is 42.1. The third-order valence-corrected chi connectivity index (χ3v) is 12.5. The SMILES string of the molecule is CC(=O)N(C(=O)[C@@H](N)Cc1ccccc1)[C@](CC(C)C)(C(=O)N[C@@H](CC1CCCCC1)[C@@H](O)CC(=O)NCC(C)C)C1COc2ccc(S(=O)(=O)CC(=O)O)cc21. The van der Waals surface area contributed by atoms with Gasteiger partial charge in [-0.15, -0.1) is 0 Å². The third-order valence-electron chi connectivity index (χ3n) is 10.9. The van der Waals surface area contributed by atoms with Gasteiger partial charge in [0.1, 0.15) is 11.3 Å². The van der Waals surface area contributed by atoms with Crippen molar-refractivity contribution in [3.8, 4) is 5.75 Å². The van der Waals surface area contributed by atoms with Crippen LogP contribution in [0.3, 0.4) is 0 Å². The number of carbonyl (C=O) groups excluding carboxylic acids is 4. The predicted molar refractivity (Wildman–Crippen MR) is 214 cm³/mol. The van der Waals surface area contributed by atoms with Crippen molar-refractivity contribution >= 4 is 39.4 Å². The third kappa shape index (κ3) is 11.6. The molecule has 5 atom stereocenters. The lowest BCUT2D eigenvalue weighted by molar-refractivity contribution is -0.162. The molecule has 0 radical (unpaired) electrons. The van der Waals surface area contributed by atoms with E-state index >= 15 is 4.79 Å². The standard InChI is InChI=1S/C42H60N4O10S/c1-26(2)22-42(46(28(5)47)40(52)34(43)18-29-12-8-6-9-13-29,33-24-56-37-17-16-31(20-32(33)37)57(54,55)25-39(50)51)41(53)45-35(19-30-14-10-7-11-15-30)36(48)21-38(49)44-23-27(3)4/h6,8-9,12-13,16-17,20,26-27,30,33-36,48H,7,10-11,14-15,18-19,21-25,43H2,1-5H3,(H,44,49)(H,45,53)(H,50,51)/t33?,34-,35-,36-,42-/m0/s1. The van der Waals surface area contributed by atoms with E-state index in [-0.39, 0.29) is 59.8 Å². The van der Waals surface area contributed by atoms with Crippen LogP contribution in [-0.2, 0) is 40.2 Å². The number of aliphatic hydroxyl groups excluding tert-OH is 1. The molecule has 0 saturated heterocycles. The second-order valence-corrected chi connectivity index (χ2v) is 18.5. The first-order valence-corrected chi connectivity index (χ1v) is 21.6. The summed E-state index contributed by atoms with van der Waals surface area (Å²) in [5.41, 5.74) is 5.39. The van der Waals surface area contributed by atoms with Crippen LogP contribution in [0.1, 0.15) is 103 Å². The van der Waals surface area contributed by atoms with Crippen molar-refractivity contribution < 1.29 is 47.3 Å². The Hall–Kier alpha value is -4.34. The monoisotopic (exact) mass is 812 g/mol. The van der Waals surface area contributed by atoms with Crippen molar-refractivity contribution in [3.05, 3.63) is 59.7 Å². The number of nitrogens with one attached hydrogen (secondary N) is 2. The highest BCUT2D eigenvalue weighted by Gasteiger charge is 2.58. The topological polar surface area (TPSA) is 222 Å². The van der Waals surface area contributed by atoms with E-state index in [1.165, 1.54) is 18.2 Å². The van der Waals surface area contributed by atoms with Crippen LogP contribution in [-0.4, -0.2) is 95.8 Å². The minimum absolute atomic E-state index is 0.0344. The summed E-state index contributed by atoms with van der Waals surface area (Å²) in [5.74, 6) is -6.61. The fraction of sp³-hybridized carbons (Fsp3) is 0.595. The highest BCUT2D eigenvalue weighted by molar-refractivity contribution is 7.92. The number of fused-ring (bicyclic) bond motifs is 1. The number of hydrogen-bond donors (Lipinski definition) is 5. The maximum Gasteiger partial charge on any atom is 0.319 e. The van der Waals surface area contributed by atoms with Crippen molar-refractivity contribution in [2.45, 2.75) is 127 Å². The number of nitrogens with two attached hydrogens (primary N) is 1. The lowest BCUT2D eigenvalue weighted by Gasteiger charge is -2.47. The molecule has 0 spiro atoms. The molecular weight excluding hydrogens is 753 g/mol. The Labute approximate surface area is 336 Å². The van der Waals surface area contributed by atoms with Crippen molar-refractivity contribution in [1.29, 1.82) is 0 Å². The van der Waals surface area contributed by atoms with Crippen LogP contribution in [0.15, 0.2) is 53.4 Å². The quantitative estimate of drug-likeness (QED) is 0.138. The van der Waals surface area contributed by atoms with Crippen LogP contribution in [0.5, 0.6) is 5.75 Å². The minimum Gasteiger partial charge on any atom is -0.493 e. The summed E-state index contributed by atoms with van der Waals surface area (Å²) >= 11 is 0. The van der Waals surface area contributed by atoms with Crippen LogP contribution < -0.4 is 21.1 Å². The molecular formula is C42H60N4O10S. The number of carboxylic acids is 1. The summed E-state index contributed by atoms with van der Waals surface area (Å²) in [7, 11) is -4.36. The molecule has 0 bridgehead atoms. The number of hydrogen-bond acceptors (Lipinski definition) is 10. The fourth-order valence-electron chi connectivity index (χ4n) is 8.26. The summed E-state index contributed by atoms with van der Waals surface area (Å²) in [5, 5.41) is 26.9. The number of sulfone groups is 1. The number of ether oxygens (including phenoxy) is 1. The Morgan fingerprint density at radius 1 is 0.982 bits per heavy atom. The Balaban J connectivity index is 1.90. The van der Waals surface area contributed by atoms with Crippen molar-refractivity contribution in [2.24, 2.45) is 23.5 Å². The van der Waals surface area contributed by atoms with Crippen molar-refractivity contribution in [1.82, 2.24) is 15.5 Å². The van der Waals surface area contributed by atoms with Gasteiger partial charge in [0.15, 0.2) is 15.6 Å². The summed E-state index contributed by atoms with van der Waals surface area (Å²) < 4.78 is 32.5. The van der Waals surface area contributed by atoms with Gasteiger partial charge in [-0.3, -0.25) is 28.9 Å². The van der Waals surface area contributed by atoms with Crippen molar-refractivity contribution in [3.63, 3.8) is 0 Å². The van der Waals surface area contributed by atoms with Crippen LogP contribution in [0.2, 0.25) is 0 Å². The van der Waals surface area contributed by atoms with Crippen LogP contribution in [0.4, 0.5) is 0 Å². The van der Waals surface area contributed by atoms with Gasteiger partial charge in [-0.05, 0) is 60.8 Å². The first kappa shape index (κ1) is 45.4. The second kappa shape index (κ2) is 19.9. The Morgan fingerprint density at radius 2 is 1.65 bits per heavy atom. The molecule has 4 rings (SSSR count). The molecule has 314 valence electrons. The smallest absolute Gasteiger partial charge is 0.319 e. The van der Waals surface area contributed by atoms with E-state index < -0.39 is 74.8 Å². The summed E-state index contributed by atoms with van der Waals surface area (Å²) in [4.78, 5) is 69.5. The Bertz CT molecular complexity index is 1850. The fourth-order valence-corrected chi connectivity index (χ4v) is 9.33. The largest absolute Gasteiger partial charge is 0.493 e. The maximum atomic E-state index is 15.6. The number of imide groups is 1. The average molecular weight is 813 g/mol. The van der Waals surface area contributed by atoms with E-state index in [2.05, 4.69) is 10.6 Å². The van der Waals surface area contributed by atoms with Gasteiger partial charge in [-0.1, -0.05) is 90.1 Å². The molecule has 6 N–H and O–H groups in total. The predicted octanol–water partition coefficient (Wildman–Crippen LogP) is 3.73. The molecule has 1 unspecified atom stereocenters. The van der Waals surface area contributed by atoms with E-state index in [4.69, 9.17) is 10.5 Å². The highest BCUT2D eigenvalue weighted by atomic mass is 32.2. The van der Waals surface area contributed by atoms with Gasteiger partial charge in [-0.2, -0.15) is 0 Å². The first-order chi connectivity index (χ1) is 26.8. The molecule has 4 amide bonds. The molecule has 0 aromatic heterocycles. The van der Waals surface area contributed by atoms with Crippen LogP contribution >= 0.6 is 0 Å². The van der Waals surface area contributed by atoms with Gasteiger partial charge in [0.05, 0.1) is 42.0 Å². The molecule has 2 aromatic rings. The number of carbonyl (C=O) groups is 5. The maximum absolute atomic E-state index is 15.6. The first-order valence-electron chi connectivity index (χ1n) is 20.0. The number of aliphatic carboxylic acids is 1. The molecule has 1 aliphatic carbocycles. The van der Waals surface area contributed by atoms with Gasteiger partial charge in [0, 0.05) is 19.0 Å². The molecule has 15 heteroatoms. The summed E-state index contributed by atoms with van der Waals surface area (Å²) in [6.07, 6.45) is 3.34. The normalized spacial score (nSPS) is 18.4. The number of aliphatic hydroxyl groups is 1. The van der Waals surface area contributed by atoms with Gasteiger partial charge >= 0.3 is 5.97 Å². The summed E-state index contributed by atoms with van der Waals surface area (Å²) in [6, 6.07) is 10.5. The number of carboxylic acid groups (broad SMARTS) is 1. The molecule has 1 fully saturated rings. The summed E-state index contributed by atoms with van der Waals surface area (Å²) in [6.45, 7) is 8.82. The number of nitrogens with zero attached hydrogens (tertiary/aromatic N) is 1. The van der Waals surface area contributed by atoms with E-state index in [9.17, 15) is 37.8 Å². The van der Waals surface area contributed by atoms with E-state index in [0.29, 0.717) is 13.0 Å².